The van der Waals surface area contributed by atoms with Gasteiger partial charge in [0.1, 0.15) is 11.3 Å². The first-order valence-electron chi connectivity index (χ1n) is 8.01. The van der Waals surface area contributed by atoms with Crippen LogP contribution in [0.15, 0.2) is 28.9 Å². The molecule has 1 aromatic carbocycles. The standard InChI is InChI=1S/C18H23NO3/c1-12-5-3-4-6-16(12)19-18(20)9-13-11-22-17-10-14(21-2)7-8-15(13)17/h7-8,10-12,16H,3-6,9H2,1-2H3,(H,19,20)/t12-,16+/m0/s1. The Labute approximate surface area is 130 Å². The van der Waals surface area contributed by atoms with Crippen molar-refractivity contribution in [1.29, 1.82) is 0 Å². The first-order valence-corrected chi connectivity index (χ1v) is 8.01. The number of methoxy groups -OCH3 is 1. The lowest BCUT2D eigenvalue weighted by atomic mass is 9.86. The maximum Gasteiger partial charge on any atom is 0.224 e. The third-order valence-electron chi connectivity index (χ3n) is 4.67. The van der Waals surface area contributed by atoms with Gasteiger partial charge in [0.25, 0.3) is 0 Å². The molecular weight excluding hydrogens is 278 g/mol. The Bertz CT molecular complexity index is 661. The van der Waals surface area contributed by atoms with Crippen molar-refractivity contribution in [2.24, 2.45) is 5.92 Å². The van der Waals surface area contributed by atoms with E-state index in [1.807, 2.05) is 18.2 Å². The molecule has 4 nitrogen and oxygen atoms in total. The van der Waals surface area contributed by atoms with E-state index >= 15 is 0 Å². The van der Waals surface area contributed by atoms with Crippen LogP contribution in [0.3, 0.4) is 0 Å². The van der Waals surface area contributed by atoms with Gasteiger partial charge in [-0.3, -0.25) is 4.79 Å². The zero-order chi connectivity index (χ0) is 15.5. The van der Waals surface area contributed by atoms with Crippen LogP contribution >= 0.6 is 0 Å². The van der Waals surface area contributed by atoms with Crippen molar-refractivity contribution in [2.75, 3.05) is 7.11 Å². The number of benzene rings is 1. The largest absolute Gasteiger partial charge is 0.497 e. The molecule has 0 radical (unpaired) electrons. The summed E-state index contributed by atoms with van der Waals surface area (Å²) >= 11 is 0. The Morgan fingerprint density at radius 1 is 1.36 bits per heavy atom. The number of hydrogen-bond acceptors (Lipinski definition) is 3. The molecule has 2 atom stereocenters. The molecule has 118 valence electrons. The molecule has 1 amide bonds. The summed E-state index contributed by atoms with van der Waals surface area (Å²) in [5.41, 5.74) is 1.69. The van der Waals surface area contributed by atoms with E-state index in [1.54, 1.807) is 13.4 Å². The highest BCUT2D eigenvalue weighted by Gasteiger charge is 2.23. The summed E-state index contributed by atoms with van der Waals surface area (Å²) in [7, 11) is 1.63. The molecule has 0 bridgehead atoms. The Hall–Kier alpha value is -1.97. The second kappa shape index (κ2) is 6.42. The quantitative estimate of drug-likeness (QED) is 0.937. The molecule has 0 aliphatic heterocycles. The van der Waals surface area contributed by atoms with Gasteiger partial charge in [0.15, 0.2) is 0 Å². The van der Waals surface area contributed by atoms with E-state index in [1.165, 1.54) is 19.3 Å². The number of amides is 1. The smallest absolute Gasteiger partial charge is 0.224 e. The summed E-state index contributed by atoms with van der Waals surface area (Å²) in [5.74, 6) is 1.41. The molecule has 4 heteroatoms. The van der Waals surface area contributed by atoms with Crippen LogP contribution in [0.4, 0.5) is 0 Å². The Morgan fingerprint density at radius 2 is 2.18 bits per heavy atom. The van der Waals surface area contributed by atoms with Crippen LogP contribution < -0.4 is 10.1 Å². The number of rotatable bonds is 4. The van der Waals surface area contributed by atoms with Gasteiger partial charge < -0.3 is 14.5 Å². The van der Waals surface area contributed by atoms with Gasteiger partial charge in [0.2, 0.25) is 5.91 Å². The van der Waals surface area contributed by atoms with Crippen LogP contribution in [0.5, 0.6) is 5.75 Å². The summed E-state index contributed by atoms with van der Waals surface area (Å²) < 4.78 is 10.7. The number of carbonyl (C=O) groups is 1. The minimum absolute atomic E-state index is 0.0808. The van der Waals surface area contributed by atoms with E-state index in [4.69, 9.17) is 9.15 Å². The fraction of sp³-hybridized carbons (Fsp3) is 0.500. The van der Waals surface area contributed by atoms with Crippen LogP contribution in [0.1, 0.15) is 38.2 Å². The third-order valence-corrected chi connectivity index (χ3v) is 4.67. The monoisotopic (exact) mass is 301 g/mol. The van der Waals surface area contributed by atoms with E-state index in [2.05, 4.69) is 12.2 Å². The van der Waals surface area contributed by atoms with Gasteiger partial charge in [-0.05, 0) is 30.9 Å². The van der Waals surface area contributed by atoms with E-state index in [0.29, 0.717) is 18.4 Å². The molecule has 1 heterocycles. The van der Waals surface area contributed by atoms with Crippen LogP contribution in [0.2, 0.25) is 0 Å². The van der Waals surface area contributed by atoms with Gasteiger partial charge in [-0.25, -0.2) is 0 Å². The highest BCUT2D eigenvalue weighted by molar-refractivity contribution is 5.88. The minimum atomic E-state index is 0.0808. The van der Waals surface area contributed by atoms with E-state index in [9.17, 15) is 4.79 Å². The van der Waals surface area contributed by atoms with Crippen molar-refractivity contribution in [2.45, 2.75) is 45.1 Å². The molecule has 1 aliphatic rings. The normalized spacial score (nSPS) is 21.7. The predicted molar refractivity (Wildman–Crippen MR) is 86.0 cm³/mol. The molecular formula is C18H23NO3. The molecule has 1 aliphatic carbocycles. The van der Waals surface area contributed by atoms with Crippen molar-refractivity contribution in [3.63, 3.8) is 0 Å². The lowest BCUT2D eigenvalue weighted by molar-refractivity contribution is -0.121. The highest BCUT2D eigenvalue weighted by atomic mass is 16.5. The van der Waals surface area contributed by atoms with Crippen molar-refractivity contribution in [3.8, 4) is 5.75 Å². The molecule has 1 N–H and O–H groups in total. The molecule has 0 unspecified atom stereocenters. The summed E-state index contributed by atoms with van der Waals surface area (Å²) in [6, 6.07) is 6.01. The average molecular weight is 301 g/mol. The Kier molecular flexibility index (Phi) is 4.36. The SMILES string of the molecule is COc1ccc2c(CC(=O)N[C@@H]3CCCC[C@@H]3C)coc2c1. The van der Waals surface area contributed by atoms with E-state index in [0.717, 1.165) is 28.7 Å². The summed E-state index contributed by atoms with van der Waals surface area (Å²) in [6.45, 7) is 2.23. The van der Waals surface area contributed by atoms with Crippen LogP contribution in [-0.4, -0.2) is 19.1 Å². The molecule has 1 aromatic heterocycles. The molecule has 0 saturated heterocycles. The number of nitrogens with one attached hydrogen (secondary N) is 1. The van der Waals surface area contributed by atoms with Crippen LogP contribution in [0.25, 0.3) is 11.0 Å². The Balaban J connectivity index is 1.68. The van der Waals surface area contributed by atoms with Gasteiger partial charge in [0.05, 0.1) is 19.8 Å². The maximum absolute atomic E-state index is 12.3. The van der Waals surface area contributed by atoms with Crippen LogP contribution in [0, 0.1) is 5.92 Å². The zero-order valence-corrected chi connectivity index (χ0v) is 13.2. The molecule has 3 rings (SSSR count). The number of furan rings is 1. The van der Waals surface area contributed by atoms with Gasteiger partial charge >= 0.3 is 0 Å². The second-order valence-corrected chi connectivity index (χ2v) is 6.24. The summed E-state index contributed by atoms with van der Waals surface area (Å²) in [5, 5.41) is 4.17. The van der Waals surface area contributed by atoms with Gasteiger partial charge in [-0.2, -0.15) is 0 Å². The minimum Gasteiger partial charge on any atom is -0.497 e. The van der Waals surface area contributed by atoms with Crippen molar-refractivity contribution in [1.82, 2.24) is 5.32 Å². The van der Waals surface area contributed by atoms with E-state index < -0.39 is 0 Å². The Morgan fingerprint density at radius 3 is 2.95 bits per heavy atom. The van der Waals surface area contributed by atoms with Gasteiger partial charge in [0, 0.05) is 23.1 Å². The van der Waals surface area contributed by atoms with Gasteiger partial charge in [-0.1, -0.05) is 19.8 Å². The maximum atomic E-state index is 12.3. The zero-order valence-electron chi connectivity index (χ0n) is 13.2. The lowest BCUT2D eigenvalue weighted by Gasteiger charge is -2.29. The summed E-state index contributed by atoms with van der Waals surface area (Å²) in [4.78, 5) is 12.3. The number of fused-ring (bicyclic) bond motifs is 1. The third kappa shape index (κ3) is 3.11. The topological polar surface area (TPSA) is 51.5 Å². The van der Waals surface area contributed by atoms with Crippen LogP contribution in [-0.2, 0) is 11.2 Å². The summed E-state index contributed by atoms with van der Waals surface area (Å²) in [6.07, 6.45) is 6.83. The predicted octanol–water partition coefficient (Wildman–Crippen LogP) is 3.68. The van der Waals surface area contributed by atoms with Crippen molar-refractivity contribution < 1.29 is 13.9 Å². The molecule has 2 aromatic rings. The first-order chi connectivity index (χ1) is 10.7. The molecule has 1 fully saturated rings. The second-order valence-electron chi connectivity index (χ2n) is 6.24. The van der Waals surface area contributed by atoms with Gasteiger partial charge in [-0.15, -0.1) is 0 Å². The number of hydrogen-bond donors (Lipinski definition) is 1. The first kappa shape index (κ1) is 14.9. The highest BCUT2D eigenvalue weighted by Crippen LogP contribution is 2.27. The number of carbonyl (C=O) groups excluding carboxylic acids is 1. The average Bonchev–Trinajstić information content (AvgIpc) is 2.91. The fourth-order valence-electron chi connectivity index (χ4n) is 3.29. The molecule has 22 heavy (non-hydrogen) atoms. The van der Waals surface area contributed by atoms with Crippen molar-refractivity contribution in [3.05, 3.63) is 30.0 Å². The molecule has 0 spiro atoms. The van der Waals surface area contributed by atoms with Crippen molar-refractivity contribution >= 4 is 16.9 Å². The lowest BCUT2D eigenvalue weighted by Crippen LogP contribution is -2.41. The number of ether oxygens (including phenoxy) is 1. The van der Waals surface area contributed by atoms with E-state index in [-0.39, 0.29) is 5.91 Å². The molecule has 1 saturated carbocycles. The fourth-order valence-corrected chi connectivity index (χ4v) is 3.29.